The molecule has 3 aromatic carbocycles. The van der Waals surface area contributed by atoms with Crippen LogP contribution in [0.2, 0.25) is 0 Å². The van der Waals surface area contributed by atoms with Crippen LogP contribution in [0, 0.1) is 10.1 Å². The number of carbonyl (C=O) groups excluding carboxylic acids is 1. The fraction of sp³-hybridized carbons (Fsp3) is 0.190. The Morgan fingerprint density at radius 1 is 1.07 bits per heavy atom. The number of anilines is 1. The van der Waals surface area contributed by atoms with Crippen LogP contribution >= 0.6 is 0 Å². The van der Waals surface area contributed by atoms with Crippen LogP contribution in [0.3, 0.4) is 0 Å². The van der Waals surface area contributed by atoms with Crippen molar-refractivity contribution in [3.05, 3.63) is 76.3 Å². The molecule has 0 fully saturated rings. The largest absolute Gasteiger partial charge is 0.492 e. The first kappa shape index (κ1) is 19.2. The Hall–Kier alpha value is -3.61. The molecule has 0 atom stereocenters. The number of fused-ring (bicyclic) bond motifs is 1. The van der Waals surface area contributed by atoms with E-state index in [1.165, 1.54) is 6.07 Å². The van der Waals surface area contributed by atoms with Crippen LogP contribution in [-0.2, 0) is 0 Å². The molecular weight excluding hydrogens is 358 g/mol. The Kier molecular flexibility index (Phi) is 5.74. The molecule has 0 saturated carbocycles. The predicted molar refractivity (Wildman–Crippen MR) is 109 cm³/mol. The average Bonchev–Trinajstić information content (AvgIpc) is 2.70. The Morgan fingerprint density at radius 3 is 2.54 bits per heavy atom. The summed E-state index contributed by atoms with van der Waals surface area (Å²) >= 11 is 0. The summed E-state index contributed by atoms with van der Waals surface area (Å²) in [6, 6.07) is 18.2. The zero-order valence-electron chi connectivity index (χ0n) is 15.7. The summed E-state index contributed by atoms with van der Waals surface area (Å²) in [5.41, 5.74) is 0.578. The van der Waals surface area contributed by atoms with E-state index >= 15 is 0 Å². The van der Waals surface area contributed by atoms with Gasteiger partial charge in [0.05, 0.1) is 11.5 Å². The van der Waals surface area contributed by atoms with Gasteiger partial charge in [-0.3, -0.25) is 14.9 Å². The molecule has 0 aliphatic heterocycles. The highest BCUT2D eigenvalue weighted by Gasteiger charge is 2.18. The van der Waals surface area contributed by atoms with Gasteiger partial charge in [-0.15, -0.1) is 0 Å². The average molecular weight is 379 g/mol. The Bertz CT molecular complexity index is 1020. The fourth-order valence-corrected chi connectivity index (χ4v) is 2.88. The van der Waals surface area contributed by atoms with E-state index < -0.39 is 4.92 Å². The zero-order chi connectivity index (χ0) is 20.1. The molecule has 0 aliphatic carbocycles. The van der Waals surface area contributed by atoms with Crippen LogP contribution in [0.4, 0.5) is 11.4 Å². The molecule has 144 valence electrons. The third kappa shape index (κ3) is 4.37. The second-order valence-corrected chi connectivity index (χ2v) is 6.47. The van der Waals surface area contributed by atoms with Crippen molar-refractivity contribution in [1.82, 2.24) is 5.32 Å². The number of hydrogen-bond donors (Lipinski definition) is 1. The highest BCUT2D eigenvalue weighted by molar-refractivity contribution is 5.95. The van der Waals surface area contributed by atoms with Crippen molar-refractivity contribution < 1.29 is 14.5 Å². The van der Waals surface area contributed by atoms with E-state index in [-0.39, 0.29) is 23.7 Å². The third-order valence-electron chi connectivity index (χ3n) is 4.29. The SMILES string of the molecule is CN(C)c1ccc(C(=O)NCCOc2ccc3ccccc3c2)cc1[N+](=O)[O-]. The topological polar surface area (TPSA) is 84.7 Å². The summed E-state index contributed by atoms with van der Waals surface area (Å²) in [6.45, 7) is 0.580. The quantitative estimate of drug-likeness (QED) is 0.385. The Balaban J connectivity index is 1.58. The van der Waals surface area contributed by atoms with E-state index in [0.717, 1.165) is 16.5 Å². The summed E-state index contributed by atoms with van der Waals surface area (Å²) < 4.78 is 5.68. The number of carbonyl (C=O) groups is 1. The molecule has 1 amide bonds. The van der Waals surface area contributed by atoms with E-state index in [0.29, 0.717) is 12.3 Å². The molecule has 7 heteroatoms. The van der Waals surface area contributed by atoms with Gasteiger partial charge in [0.15, 0.2) is 0 Å². The van der Waals surface area contributed by atoms with Crippen molar-refractivity contribution in [1.29, 1.82) is 0 Å². The lowest BCUT2D eigenvalue weighted by Gasteiger charge is -2.13. The number of amides is 1. The molecule has 0 radical (unpaired) electrons. The number of ether oxygens (including phenoxy) is 1. The molecule has 0 aliphatic rings. The molecule has 0 heterocycles. The summed E-state index contributed by atoms with van der Waals surface area (Å²) in [6.07, 6.45) is 0. The second-order valence-electron chi connectivity index (χ2n) is 6.47. The maximum absolute atomic E-state index is 12.3. The van der Waals surface area contributed by atoms with Crippen molar-refractivity contribution >= 4 is 28.1 Å². The van der Waals surface area contributed by atoms with Gasteiger partial charge in [0, 0.05) is 25.7 Å². The second kappa shape index (κ2) is 8.39. The van der Waals surface area contributed by atoms with E-state index in [2.05, 4.69) is 5.32 Å². The molecule has 0 bridgehead atoms. The molecule has 1 N–H and O–H groups in total. The number of nitrogens with zero attached hydrogens (tertiary/aromatic N) is 2. The monoisotopic (exact) mass is 379 g/mol. The van der Waals surface area contributed by atoms with E-state index in [4.69, 9.17) is 4.74 Å². The van der Waals surface area contributed by atoms with Gasteiger partial charge in [-0.1, -0.05) is 30.3 Å². The first-order valence-corrected chi connectivity index (χ1v) is 8.81. The fourth-order valence-electron chi connectivity index (χ4n) is 2.88. The molecule has 28 heavy (non-hydrogen) atoms. The van der Waals surface area contributed by atoms with Crippen molar-refractivity contribution in [2.24, 2.45) is 0 Å². The van der Waals surface area contributed by atoms with Gasteiger partial charge in [-0.05, 0) is 35.0 Å². The maximum Gasteiger partial charge on any atom is 0.293 e. The third-order valence-corrected chi connectivity index (χ3v) is 4.29. The summed E-state index contributed by atoms with van der Waals surface area (Å²) in [7, 11) is 3.43. The first-order valence-electron chi connectivity index (χ1n) is 8.81. The maximum atomic E-state index is 12.3. The predicted octanol–water partition coefficient (Wildman–Crippen LogP) is 3.62. The Labute approximate surface area is 162 Å². The lowest BCUT2D eigenvalue weighted by atomic mass is 10.1. The Morgan fingerprint density at radius 2 is 1.82 bits per heavy atom. The molecule has 0 saturated heterocycles. The normalized spacial score (nSPS) is 10.5. The molecule has 0 aromatic heterocycles. The van der Waals surface area contributed by atoms with Gasteiger partial charge in [0.1, 0.15) is 18.0 Å². The highest BCUT2D eigenvalue weighted by Crippen LogP contribution is 2.27. The molecule has 0 unspecified atom stereocenters. The van der Waals surface area contributed by atoms with Crippen molar-refractivity contribution in [2.45, 2.75) is 0 Å². The van der Waals surface area contributed by atoms with Crippen LogP contribution in [0.5, 0.6) is 5.75 Å². The molecule has 0 spiro atoms. The molecular formula is C21H21N3O4. The van der Waals surface area contributed by atoms with Crippen molar-refractivity contribution in [3.63, 3.8) is 0 Å². The highest BCUT2D eigenvalue weighted by atomic mass is 16.6. The van der Waals surface area contributed by atoms with E-state index in [9.17, 15) is 14.9 Å². The van der Waals surface area contributed by atoms with Crippen LogP contribution in [-0.4, -0.2) is 38.1 Å². The van der Waals surface area contributed by atoms with E-state index in [1.807, 2.05) is 42.5 Å². The summed E-state index contributed by atoms with van der Waals surface area (Å²) in [4.78, 5) is 24.7. The molecule has 3 aromatic rings. The number of nitro groups is 1. The van der Waals surface area contributed by atoms with Gasteiger partial charge < -0.3 is 15.0 Å². The lowest BCUT2D eigenvalue weighted by molar-refractivity contribution is -0.384. The number of nitro benzene ring substituents is 1. The first-order chi connectivity index (χ1) is 13.5. The number of nitrogens with one attached hydrogen (secondary N) is 1. The van der Waals surface area contributed by atoms with E-state index in [1.54, 1.807) is 31.1 Å². The van der Waals surface area contributed by atoms with Crippen LogP contribution in [0.25, 0.3) is 10.8 Å². The summed E-state index contributed by atoms with van der Waals surface area (Å²) in [5.74, 6) is 0.342. The van der Waals surface area contributed by atoms with Gasteiger partial charge in [-0.25, -0.2) is 0 Å². The zero-order valence-corrected chi connectivity index (χ0v) is 15.7. The summed E-state index contributed by atoms with van der Waals surface area (Å²) in [5, 5.41) is 16.2. The molecule has 3 rings (SSSR count). The van der Waals surface area contributed by atoms with Gasteiger partial charge in [-0.2, -0.15) is 0 Å². The van der Waals surface area contributed by atoms with Crippen LogP contribution < -0.4 is 15.0 Å². The van der Waals surface area contributed by atoms with Gasteiger partial charge in [0.25, 0.3) is 11.6 Å². The molecule has 7 nitrogen and oxygen atoms in total. The smallest absolute Gasteiger partial charge is 0.293 e. The van der Waals surface area contributed by atoms with Crippen LogP contribution in [0.15, 0.2) is 60.7 Å². The minimum atomic E-state index is -0.491. The van der Waals surface area contributed by atoms with Gasteiger partial charge in [0.2, 0.25) is 0 Å². The van der Waals surface area contributed by atoms with Gasteiger partial charge >= 0.3 is 0 Å². The minimum absolute atomic E-state index is 0.106. The van der Waals surface area contributed by atoms with Crippen LogP contribution in [0.1, 0.15) is 10.4 Å². The lowest BCUT2D eigenvalue weighted by Crippen LogP contribution is -2.28. The van der Waals surface area contributed by atoms with Crippen molar-refractivity contribution in [2.75, 3.05) is 32.1 Å². The minimum Gasteiger partial charge on any atom is -0.492 e. The number of rotatable bonds is 7. The standard InChI is InChI=1S/C21H21N3O4/c1-23(2)19-10-8-17(14-20(19)24(26)27)21(25)22-11-12-28-18-9-7-15-5-3-4-6-16(15)13-18/h3-10,13-14H,11-12H2,1-2H3,(H,22,25). The number of benzene rings is 3. The van der Waals surface area contributed by atoms with Crippen molar-refractivity contribution in [3.8, 4) is 5.75 Å². The number of hydrogen-bond acceptors (Lipinski definition) is 5.